The number of nitrogens with zero attached hydrogens (tertiary/aromatic N) is 1. The van der Waals surface area contributed by atoms with E-state index in [0.717, 1.165) is 18.0 Å². The van der Waals surface area contributed by atoms with Crippen molar-refractivity contribution in [2.24, 2.45) is 0 Å². The highest BCUT2D eigenvalue weighted by molar-refractivity contribution is 7.10. The average molecular weight is 241 g/mol. The average Bonchev–Trinajstić information content (AvgIpc) is 2.68. The van der Waals surface area contributed by atoms with Crippen LogP contribution in [-0.4, -0.2) is 41.8 Å². The first-order valence-corrected chi connectivity index (χ1v) is 6.62. The molecule has 3 nitrogen and oxygen atoms in total. The van der Waals surface area contributed by atoms with Crippen LogP contribution in [0.3, 0.4) is 0 Å². The van der Waals surface area contributed by atoms with E-state index in [1.807, 2.05) is 17.5 Å². The van der Waals surface area contributed by atoms with E-state index < -0.39 is 0 Å². The molecule has 1 N–H and O–H groups in total. The van der Waals surface area contributed by atoms with Crippen molar-refractivity contribution in [2.45, 2.75) is 32.2 Å². The van der Waals surface area contributed by atoms with Gasteiger partial charge in [0.15, 0.2) is 0 Å². The van der Waals surface area contributed by atoms with Gasteiger partial charge in [0.2, 0.25) is 0 Å². The minimum Gasteiger partial charge on any atom is -0.386 e. The van der Waals surface area contributed by atoms with Crippen molar-refractivity contribution in [3.8, 4) is 0 Å². The molecule has 1 saturated heterocycles. The van der Waals surface area contributed by atoms with Crippen molar-refractivity contribution < 1.29 is 9.84 Å². The SMILES string of the molecule is CC1CN(CC(O)c2cccs2)CC(C)O1. The second-order valence-corrected chi connectivity index (χ2v) is 5.49. The van der Waals surface area contributed by atoms with Gasteiger partial charge in [0, 0.05) is 24.5 Å². The largest absolute Gasteiger partial charge is 0.386 e. The summed E-state index contributed by atoms with van der Waals surface area (Å²) in [4.78, 5) is 3.33. The Hall–Kier alpha value is -0.420. The second kappa shape index (κ2) is 5.27. The molecule has 1 aromatic rings. The number of aliphatic hydroxyl groups is 1. The van der Waals surface area contributed by atoms with Crippen molar-refractivity contribution in [3.05, 3.63) is 22.4 Å². The Balaban J connectivity index is 1.89. The van der Waals surface area contributed by atoms with E-state index in [1.54, 1.807) is 11.3 Å². The van der Waals surface area contributed by atoms with Gasteiger partial charge < -0.3 is 9.84 Å². The van der Waals surface area contributed by atoms with Gasteiger partial charge in [-0.1, -0.05) is 6.07 Å². The maximum Gasteiger partial charge on any atom is 0.101 e. The second-order valence-electron chi connectivity index (χ2n) is 4.51. The Kier molecular flexibility index (Phi) is 3.97. The highest BCUT2D eigenvalue weighted by Crippen LogP contribution is 2.21. The third kappa shape index (κ3) is 3.04. The molecule has 16 heavy (non-hydrogen) atoms. The maximum absolute atomic E-state index is 10.1. The first-order valence-electron chi connectivity index (χ1n) is 5.74. The van der Waals surface area contributed by atoms with Crippen LogP contribution in [0.1, 0.15) is 24.8 Å². The van der Waals surface area contributed by atoms with Gasteiger partial charge in [-0.15, -0.1) is 11.3 Å². The smallest absolute Gasteiger partial charge is 0.101 e. The molecule has 0 bridgehead atoms. The van der Waals surface area contributed by atoms with Crippen molar-refractivity contribution in [1.82, 2.24) is 4.90 Å². The Labute approximate surface area is 101 Å². The van der Waals surface area contributed by atoms with E-state index in [2.05, 4.69) is 18.7 Å². The van der Waals surface area contributed by atoms with Crippen LogP contribution >= 0.6 is 11.3 Å². The Bertz CT molecular complexity index is 305. The molecular formula is C12H19NO2S. The zero-order valence-corrected chi connectivity index (χ0v) is 10.6. The molecule has 3 atom stereocenters. The van der Waals surface area contributed by atoms with Gasteiger partial charge in [0.05, 0.1) is 12.2 Å². The molecule has 0 spiro atoms. The zero-order chi connectivity index (χ0) is 11.5. The molecule has 90 valence electrons. The number of aliphatic hydroxyl groups excluding tert-OH is 1. The summed E-state index contributed by atoms with van der Waals surface area (Å²) in [7, 11) is 0. The van der Waals surface area contributed by atoms with Crippen molar-refractivity contribution in [3.63, 3.8) is 0 Å². The van der Waals surface area contributed by atoms with Crippen LogP contribution in [0.2, 0.25) is 0 Å². The highest BCUT2D eigenvalue weighted by Gasteiger charge is 2.24. The number of thiophene rings is 1. The zero-order valence-electron chi connectivity index (χ0n) is 9.80. The van der Waals surface area contributed by atoms with Crippen molar-refractivity contribution in [2.75, 3.05) is 19.6 Å². The van der Waals surface area contributed by atoms with Gasteiger partial charge in [-0.05, 0) is 25.3 Å². The predicted octanol–water partition coefficient (Wildman–Crippen LogP) is 1.89. The topological polar surface area (TPSA) is 32.7 Å². The Morgan fingerprint density at radius 2 is 2.19 bits per heavy atom. The van der Waals surface area contributed by atoms with Crippen molar-refractivity contribution >= 4 is 11.3 Å². The van der Waals surface area contributed by atoms with Gasteiger partial charge in [0.25, 0.3) is 0 Å². The van der Waals surface area contributed by atoms with E-state index in [9.17, 15) is 5.11 Å². The lowest BCUT2D eigenvalue weighted by Gasteiger charge is -2.36. The summed E-state index contributed by atoms with van der Waals surface area (Å²) in [5.41, 5.74) is 0. The van der Waals surface area contributed by atoms with Crippen LogP contribution in [0.25, 0.3) is 0 Å². The molecular weight excluding hydrogens is 222 g/mol. The van der Waals surface area contributed by atoms with E-state index in [0.29, 0.717) is 6.54 Å². The summed E-state index contributed by atoms with van der Waals surface area (Å²) in [6, 6.07) is 3.97. The van der Waals surface area contributed by atoms with Crippen molar-refractivity contribution in [1.29, 1.82) is 0 Å². The first kappa shape index (κ1) is 12.0. The molecule has 1 aromatic heterocycles. The normalized spacial score (nSPS) is 29.2. The Morgan fingerprint density at radius 1 is 1.50 bits per heavy atom. The van der Waals surface area contributed by atoms with Crippen LogP contribution in [0, 0.1) is 0 Å². The van der Waals surface area contributed by atoms with E-state index in [1.165, 1.54) is 0 Å². The van der Waals surface area contributed by atoms with E-state index in [4.69, 9.17) is 4.74 Å². The molecule has 0 aliphatic carbocycles. The molecule has 1 fully saturated rings. The minimum atomic E-state index is -0.363. The van der Waals surface area contributed by atoms with E-state index >= 15 is 0 Å². The van der Waals surface area contributed by atoms with E-state index in [-0.39, 0.29) is 18.3 Å². The quantitative estimate of drug-likeness (QED) is 0.877. The minimum absolute atomic E-state index is 0.263. The first-order chi connectivity index (χ1) is 7.65. The van der Waals surface area contributed by atoms with Gasteiger partial charge >= 0.3 is 0 Å². The Morgan fingerprint density at radius 3 is 2.75 bits per heavy atom. The fourth-order valence-corrected chi connectivity index (χ4v) is 2.95. The number of ether oxygens (including phenoxy) is 1. The number of morpholine rings is 1. The predicted molar refractivity (Wildman–Crippen MR) is 65.7 cm³/mol. The molecule has 0 saturated carbocycles. The fourth-order valence-electron chi connectivity index (χ4n) is 2.25. The summed E-state index contributed by atoms with van der Waals surface area (Å²) in [6.45, 7) is 6.69. The molecule has 1 aliphatic rings. The summed E-state index contributed by atoms with van der Waals surface area (Å²) >= 11 is 1.61. The molecule has 0 amide bonds. The lowest BCUT2D eigenvalue weighted by Crippen LogP contribution is -2.46. The number of β-amino-alcohol motifs (C(OH)–C–C–N with tert-alkyl or cyclic N) is 1. The number of hydrogen-bond donors (Lipinski definition) is 1. The van der Waals surface area contributed by atoms with Crippen LogP contribution in [0.4, 0.5) is 0 Å². The lowest BCUT2D eigenvalue weighted by molar-refractivity contribution is -0.0765. The summed E-state index contributed by atoms with van der Waals surface area (Å²) in [5.74, 6) is 0. The molecule has 0 aromatic carbocycles. The number of rotatable bonds is 3. The molecule has 4 heteroatoms. The molecule has 2 heterocycles. The summed E-state index contributed by atoms with van der Waals surface area (Å²) in [6.07, 6.45) is 0.163. The van der Waals surface area contributed by atoms with Crippen LogP contribution < -0.4 is 0 Å². The highest BCUT2D eigenvalue weighted by atomic mass is 32.1. The third-order valence-electron chi connectivity index (χ3n) is 2.80. The van der Waals surface area contributed by atoms with Gasteiger partial charge in [-0.3, -0.25) is 4.90 Å². The van der Waals surface area contributed by atoms with Crippen LogP contribution in [0.15, 0.2) is 17.5 Å². The monoisotopic (exact) mass is 241 g/mol. The molecule has 2 rings (SSSR count). The summed E-state index contributed by atoms with van der Waals surface area (Å²) in [5, 5.41) is 12.1. The molecule has 0 radical (unpaired) electrons. The fraction of sp³-hybridized carbons (Fsp3) is 0.667. The van der Waals surface area contributed by atoms with Gasteiger partial charge in [-0.2, -0.15) is 0 Å². The molecule has 3 unspecified atom stereocenters. The lowest BCUT2D eigenvalue weighted by atomic mass is 10.2. The number of hydrogen-bond acceptors (Lipinski definition) is 4. The standard InChI is InChI=1S/C12H19NO2S/c1-9-6-13(7-10(2)15-9)8-11(14)12-4-3-5-16-12/h3-5,9-11,14H,6-8H2,1-2H3. The van der Waals surface area contributed by atoms with Gasteiger partial charge in [-0.25, -0.2) is 0 Å². The van der Waals surface area contributed by atoms with Gasteiger partial charge in [0.1, 0.15) is 6.10 Å². The maximum atomic E-state index is 10.1. The molecule has 1 aliphatic heterocycles. The van der Waals surface area contributed by atoms with Crippen LogP contribution in [0.5, 0.6) is 0 Å². The third-order valence-corrected chi connectivity index (χ3v) is 3.77. The van der Waals surface area contributed by atoms with Crippen LogP contribution in [-0.2, 0) is 4.74 Å². The summed E-state index contributed by atoms with van der Waals surface area (Å²) < 4.78 is 5.67.